The quantitative estimate of drug-likeness (QED) is 0.700. The molecule has 8 heteroatoms. The van der Waals surface area contributed by atoms with E-state index in [2.05, 4.69) is 15.2 Å². The van der Waals surface area contributed by atoms with Crippen LogP contribution in [0.2, 0.25) is 5.02 Å². The predicted octanol–water partition coefficient (Wildman–Crippen LogP) is 4.25. The maximum atomic E-state index is 6.25. The molecule has 118 valence electrons. The van der Waals surface area contributed by atoms with E-state index in [-0.39, 0.29) is 0 Å². The average molecular weight is 366 g/mol. The van der Waals surface area contributed by atoms with E-state index in [0.29, 0.717) is 40.6 Å². The molecule has 2 aromatic heterocycles. The molecule has 1 aliphatic heterocycles. The third kappa shape index (κ3) is 3.17. The minimum absolute atomic E-state index is 0.531. The van der Waals surface area contributed by atoms with Gasteiger partial charge in [0.2, 0.25) is 5.16 Å². The predicted molar refractivity (Wildman–Crippen MR) is 91.7 cm³/mol. The molecule has 5 nitrogen and oxygen atoms in total. The molecule has 0 amide bonds. The van der Waals surface area contributed by atoms with Crippen molar-refractivity contribution in [1.82, 2.24) is 15.2 Å². The number of nitrogens with zero attached hydrogens (tertiary/aromatic N) is 2. The van der Waals surface area contributed by atoms with Gasteiger partial charge >= 0.3 is 0 Å². The number of halogens is 1. The van der Waals surface area contributed by atoms with E-state index in [9.17, 15) is 0 Å². The number of thiophene rings is 1. The van der Waals surface area contributed by atoms with Crippen molar-refractivity contribution in [2.75, 3.05) is 13.2 Å². The summed E-state index contributed by atoms with van der Waals surface area (Å²) in [5.74, 6) is 2.83. The zero-order chi connectivity index (χ0) is 15.6. The Hall–Kier alpha value is -1.70. The Labute approximate surface area is 146 Å². The molecule has 0 saturated heterocycles. The largest absolute Gasteiger partial charge is 0.486 e. The zero-order valence-corrected chi connectivity index (χ0v) is 14.3. The molecule has 0 atom stereocenters. The van der Waals surface area contributed by atoms with Gasteiger partial charge in [-0.2, -0.15) is 0 Å². The first kappa shape index (κ1) is 14.9. The normalized spacial score (nSPS) is 13.3. The zero-order valence-electron chi connectivity index (χ0n) is 11.9. The number of aromatic nitrogens is 3. The second kappa shape index (κ2) is 6.43. The first-order valence-electron chi connectivity index (χ1n) is 6.97. The maximum Gasteiger partial charge on any atom is 0.209 e. The fourth-order valence-corrected chi connectivity index (χ4v) is 3.91. The molecule has 0 radical (unpaired) electrons. The first-order chi connectivity index (χ1) is 11.3. The lowest BCUT2D eigenvalue weighted by Crippen LogP contribution is -2.15. The van der Waals surface area contributed by atoms with Gasteiger partial charge in [0.25, 0.3) is 0 Å². The SMILES string of the molecule is Clc1cc(CSc2n[nH]c(-c3cccs3)n2)cc2c1OCCO2. The van der Waals surface area contributed by atoms with Gasteiger partial charge in [-0.3, -0.25) is 5.10 Å². The molecule has 0 fully saturated rings. The summed E-state index contributed by atoms with van der Waals surface area (Å²) in [5.41, 5.74) is 1.05. The fourth-order valence-electron chi connectivity index (χ4n) is 2.23. The van der Waals surface area contributed by atoms with E-state index < -0.39 is 0 Å². The van der Waals surface area contributed by atoms with Gasteiger partial charge in [-0.05, 0) is 29.1 Å². The van der Waals surface area contributed by atoms with Crippen LogP contribution in [-0.2, 0) is 5.75 Å². The van der Waals surface area contributed by atoms with Crippen LogP contribution in [-0.4, -0.2) is 28.4 Å². The van der Waals surface area contributed by atoms with Gasteiger partial charge in [-0.15, -0.1) is 16.4 Å². The Morgan fingerprint density at radius 3 is 3.09 bits per heavy atom. The summed E-state index contributed by atoms with van der Waals surface area (Å²) in [4.78, 5) is 5.57. The van der Waals surface area contributed by atoms with Crippen molar-refractivity contribution in [2.24, 2.45) is 0 Å². The second-order valence-corrected chi connectivity index (χ2v) is 7.13. The molecule has 3 aromatic rings. The van der Waals surface area contributed by atoms with Crippen molar-refractivity contribution >= 4 is 34.7 Å². The highest BCUT2D eigenvalue weighted by Crippen LogP contribution is 2.39. The molecular weight excluding hydrogens is 354 g/mol. The summed E-state index contributed by atoms with van der Waals surface area (Å²) < 4.78 is 11.1. The molecule has 4 rings (SSSR count). The van der Waals surface area contributed by atoms with Gasteiger partial charge in [0.15, 0.2) is 17.3 Å². The standard InChI is InChI=1S/C15H12ClN3O2S2/c16-10-6-9(7-11-13(10)21-4-3-20-11)8-23-15-17-14(18-19-15)12-2-1-5-22-12/h1-2,5-7H,3-4,8H2,(H,17,18,19). The molecule has 1 aromatic carbocycles. The Morgan fingerprint density at radius 2 is 2.22 bits per heavy atom. The van der Waals surface area contributed by atoms with Crippen LogP contribution < -0.4 is 9.47 Å². The van der Waals surface area contributed by atoms with Crippen LogP contribution in [0.3, 0.4) is 0 Å². The lowest BCUT2D eigenvalue weighted by atomic mass is 10.2. The number of aromatic amines is 1. The van der Waals surface area contributed by atoms with Gasteiger partial charge in [0, 0.05) is 5.75 Å². The van der Waals surface area contributed by atoms with E-state index in [4.69, 9.17) is 21.1 Å². The van der Waals surface area contributed by atoms with Crippen LogP contribution in [0.5, 0.6) is 11.5 Å². The molecule has 0 bridgehead atoms. The molecule has 0 saturated carbocycles. The van der Waals surface area contributed by atoms with Gasteiger partial charge < -0.3 is 9.47 Å². The van der Waals surface area contributed by atoms with Crippen molar-refractivity contribution < 1.29 is 9.47 Å². The van der Waals surface area contributed by atoms with E-state index in [1.165, 1.54) is 0 Å². The van der Waals surface area contributed by atoms with Crippen LogP contribution in [0.4, 0.5) is 0 Å². The number of rotatable bonds is 4. The number of hydrogen-bond donors (Lipinski definition) is 1. The smallest absolute Gasteiger partial charge is 0.209 e. The lowest BCUT2D eigenvalue weighted by Gasteiger charge is -2.20. The summed E-state index contributed by atoms with van der Waals surface area (Å²) in [5, 5.41) is 10.5. The van der Waals surface area contributed by atoms with E-state index in [0.717, 1.165) is 16.3 Å². The van der Waals surface area contributed by atoms with Crippen molar-refractivity contribution in [3.8, 4) is 22.2 Å². The second-order valence-electron chi connectivity index (χ2n) is 4.83. The number of nitrogens with one attached hydrogen (secondary N) is 1. The molecule has 0 aliphatic carbocycles. The van der Waals surface area contributed by atoms with Crippen LogP contribution in [0.1, 0.15) is 5.56 Å². The summed E-state index contributed by atoms with van der Waals surface area (Å²) >= 11 is 9.43. The van der Waals surface area contributed by atoms with Gasteiger partial charge in [-0.25, -0.2) is 4.98 Å². The number of H-pyrrole nitrogens is 1. The molecule has 0 unspecified atom stereocenters. The summed E-state index contributed by atoms with van der Waals surface area (Å²) in [6, 6.07) is 7.86. The third-order valence-electron chi connectivity index (χ3n) is 3.24. The van der Waals surface area contributed by atoms with Crippen molar-refractivity contribution in [3.05, 3.63) is 40.2 Å². The van der Waals surface area contributed by atoms with Crippen LogP contribution in [0.15, 0.2) is 34.8 Å². The topological polar surface area (TPSA) is 60.0 Å². The lowest BCUT2D eigenvalue weighted by molar-refractivity contribution is 0.171. The van der Waals surface area contributed by atoms with Crippen molar-refractivity contribution in [3.63, 3.8) is 0 Å². The Balaban J connectivity index is 1.48. The molecule has 0 spiro atoms. The van der Waals surface area contributed by atoms with E-state index in [1.807, 2.05) is 29.6 Å². The van der Waals surface area contributed by atoms with Crippen molar-refractivity contribution in [1.29, 1.82) is 0 Å². The van der Waals surface area contributed by atoms with Gasteiger partial charge in [0.1, 0.15) is 13.2 Å². The molecule has 1 aliphatic rings. The van der Waals surface area contributed by atoms with Gasteiger partial charge in [-0.1, -0.05) is 29.4 Å². The van der Waals surface area contributed by atoms with Crippen LogP contribution in [0.25, 0.3) is 10.7 Å². The Morgan fingerprint density at radius 1 is 1.30 bits per heavy atom. The number of thioether (sulfide) groups is 1. The molecule has 3 heterocycles. The highest BCUT2D eigenvalue weighted by Gasteiger charge is 2.17. The summed E-state index contributed by atoms with van der Waals surface area (Å²) in [6.45, 7) is 1.08. The maximum absolute atomic E-state index is 6.25. The number of hydrogen-bond acceptors (Lipinski definition) is 6. The molecule has 23 heavy (non-hydrogen) atoms. The number of benzene rings is 1. The van der Waals surface area contributed by atoms with Crippen molar-refractivity contribution in [2.45, 2.75) is 10.9 Å². The molecule has 1 N–H and O–H groups in total. The van der Waals surface area contributed by atoms with Crippen LogP contribution >= 0.6 is 34.7 Å². The first-order valence-corrected chi connectivity index (χ1v) is 9.21. The Kier molecular flexibility index (Phi) is 4.15. The molecular formula is C15H12ClN3O2S2. The van der Waals surface area contributed by atoms with Crippen LogP contribution in [0, 0.1) is 0 Å². The average Bonchev–Trinajstić information content (AvgIpc) is 3.24. The monoisotopic (exact) mass is 365 g/mol. The number of fused-ring (bicyclic) bond motifs is 1. The number of ether oxygens (including phenoxy) is 2. The van der Waals surface area contributed by atoms with E-state index >= 15 is 0 Å². The van der Waals surface area contributed by atoms with Gasteiger partial charge in [0.05, 0.1) is 9.90 Å². The minimum atomic E-state index is 0.531. The Bertz CT molecular complexity index is 820. The highest BCUT2D eigenvalue weighted by atomic mass is 35.5. The highest BCUT2D eigenvalue weighted by molar-refractivity contribution is 7.98. The third-order valence-corrected chi connectivity index (χ3v) is 5.32. The fraction of sp³-hybridized carbons (Fsp3) is 0.200. The van der Waals surface area contributed by atoms with E-state index in [1.54, 1.807) is 23.1 Å². The minimum Gasteiger partial charge on any atom is -0.486 e. The summed E-state index contributed by atoms with van der Waals surface area (Å²) in [7, 11) is 0. The summed E-state index contributed by atoms with van der Waals surface area (Å²) in [6.07, 6.45) is 0.